The van der Waals surface area contributed by atoms with Gasteiger partial charge in [-0.3, -0.25) is 0 Å². The van der Waals surface area contributed by atoms with Crippen molar-refractivity contribution >= 4 is 0 Å². The van der Waals surface area contributed by atoms with Crippen LogP contribution >= 0.6 is 0 Å². The molecule has 6 atom stereocenters. The average Bonchev–Trinajstić information content (AvgIpc) is 2.59. The van der Waals surface area contributed by atoms with Gasteiger partial charge in [-0.2, -0.15) is 0 Å². The van der Waals surface area contributed by atoms with Crippen LogP contribution in [0, 0.1) is 35.0 Å². The Kier molecular flexibility index (Phi) is 1.92. The van der Waals surface area contributed by atoms with Gasteiger partial charge in [0.25, 0.3) is 0 Å². The summed E-state index contributed by atoms with van der Waals surface area (Å²) in [7, 11) is 0. The summed E-state index contributed by atoms with van der Waals surface area (Å²) in [6.07, 6.45) is 5.95. The van der Waals surface area contributed by atoms with Gasteiger partial charge in [-0.05, 0) is 61.2 Å². The summed E-state index contributed by atoms with van der Waals surface area (Å²) in [4.78, 5) is 0. The Morgan fingerprint density at radius 3 is 2.47 bits per heavy atom. The topological polar surface area (TPSA) is 0 Å². The molecule has 0 amide bonds. The highest BCUT2D eigenvalue weighted by molar-refractivity contribution is 5.19. The second-order valence-corrected chi connectivity index (χ2v) is 6.76. The summed E-state index contributed by atoms with van der Waals surface area (Å²) in [6.45, 7) is 11.6. The molecule has 0 bridgehead atoms. The molecule has 3 fully saturated rings. The van der Waals surface area contributed by atoms with Gasteiger partial charge < -0.3 is 0 Å². The largest absolute Gasteiger partial charge is 0.0998 e. The summed E-state index contributed by atoms with van der Waals surface area (Å²) in [5.74, 6) is 4.84. The maximum absolute atomic E-state index is 4.28. The molecule has 0 heteroatoms. The smallest absolute Gasteiger partial charge is 0.0141 e. The predicted molar refractivity (Wildman–Crippen MR) is 64.5 cm³/mol. The summed E-state index contributed by atoms with van der Waals surface area (Å²) >= 11 is 0. The Labute approximate surface area is 94.1 Å². The van der Waals surface area contributed by atoms with E-state index in [9.17, 15) is 0 Å². The molecule has 0 heterocycles. The molecule has 0 aromatic carbocycles. The van der Waals surface area contributed by atoms with E-state index in [-0.39, 0.29) is 0 Å². The van der Waals surface area contributed by atoms with E-state index in [0.717, 1.165) is 29.6 Å². The number of hydrogen-bond acceptors (Lipinski definition) is 0. The highest BCUT2D eigenvalue weighted by atomic mass is 14.7. The minimum atomic E-state index is 0.707. The van der Waals surface area contributed by atoms with Gasteiger partial charge in [0.2, 0.25) is 0 Å². The maximum atomic E-state index is 4.28. The molecule has 0 unspecified atom stereocenters. The number of rotatable bonds is 1. The lowest BCUT2D eigenvalue weighted by Gasteiger charge is -2.47. The molecule has 0 spiro atoms. The van der Waals surface area contributed by atoms with Crippen LogP contribution in [0.5, 0.6) is 0 Å². The standard InChI is InChI=1S/C15H24/c1-9(2)13-12-7-8-15(12,4)11-6-5-10(3)14(11)13/h10-14H,1,5-8H2,2-4H3/t10-,11+,12+,13-,14+,15+/m0/s1. The van der Waals surface area contributed by atoms with Crippen LogP contribution < -0.4 is 0 Å². The lowest BCUT2D eigenvalue weighted by molar-refractivity contribution is 0.0272. The molecule has 0 aromatic rings. The van der Waals surface area contributed by atoms with Crippen molar-refractivity contribution in [1.82, 2.24) is 0 Å². The van der Waals surface area contributed by atoms with E-state index < -0.39 is 0 Å². The van der Waals surface area contributed by atoms with E-state index in [4.69, 9.17) is 0 Å². The van der Waals surface area contributed by atoms with Crippen molar-refractivity contribution in [2.75, 3.05) is 0 Å². The van der Waals surface area contributed by atoms with Crippen molar-refractivity contribution in [3.63, 3.8) is 0 Å². The van der Waals surface area contributed by atoms with Gasteiger partial charge in [0.1, 0.15) is 0 Å². The zero-order valence-corrected chi connectivity index (χ0v) is 10.4. The molecule has 84 valence electrons. The van der Waals surface area contributed by atoms with E-state index >= 15 is 0 Å². The molecule has 15 heavy (non-hydrogen) atoms. The monoisotopic (exact) mass is 204 g/mol. The minimum absolute atomic E-state index is 0.707. The van der Waals surface area contributed by atoms with Crippen LogP contribution in [0.4, 0.5) is 0 Å². The third-order valence-corrected chi connectivity index (χ3v) is 6.16. The molecule has 0 nitrogen and oxygen atoms in total. The molecular weight excluding hydrogens is 180 g/mol. The Bertz CT molecular complexity index is 303. The number of hydrogen-bond donors (Lipinski definition) is 0. The summed E-state index contributed by atoms with van der Waals surface area (Å²) in [6, 6.07) is 0. The van der Waals surface area contributed by atoms with Crippen LogP contribution in [-0.4, -0.2) is 0 Å². The van der Waals surface area contributed by atoms with Gasteiger partial charge in [0, 0.05) is 0 Å². The first-order chi connectivity index (χ1) is 7.05. The van der Waals surface area contributed by atoms with E-state index in [2.05, 4.69) is 27.4 Å². The van der Waals surface area contributed by atoms with Crippen molar-refractivity contribution in [2.24, 2.45) is 35.0 Å². The molecular formula is C15H24. The SMILES string of the molecule is C=C(C)[C@@H]1[C@H]2[C@@H](CC[C@@H]2C)[C@@]2(C)CC[C@H]12. The Balaban J connectivity index is 1.99. The Morgan fingerprint density at radius 2 is 1.93 bits per heavy atom. The quantitative estimate of drug-likeness (QED) is 0.559. The average molecular weight is 204 g/mol. The molecule has 0 aliphatic heterocycles. The Hall–Kier alpha value is -0.260. The van der Waals surface area contributed by atoms with E-state index in [1.54, 1.807) is 0 Å². The van der Waals surface area contributed by atoms with Gasteiger partial charge in [-0.25, -0.2) is 0 Å². The summed E-state index contributed by atoms with van der Waals surface area (Å²) in [5, 5.41) is 0. The third-order valence-electron chi connectivity index (χ3n) is 6.16. The van der Waals surface area contributed by atoms with Crippen LogP contribution in [0.15, 0.2) is 12.2 Å². The second-order valence-electron chi connectivity index (χ2n) is 6.76. The van der Waals surface area contributed by atoms with Crippen LogP contribution in [0.3, 0.4) is 0 Å². The van der Waals surface area contributed by atoms with E-state index in [1.807, 2.05) is 0 Å². The van der Waals surface area contributed by atoms with Crippen molar-refractivity contribution in [1.29, 1.82) is 0 Å². The van der Waals surface area contributed by atoms with Crippen LogP contribution in [-0.2, 0) is 0 Å². The van der Waals surface area contributed by atoms with E-state index in [1.165, 1.54) is 31.3 Å². The number of fused-ring (bicyclic) bond motifs is 3. The second kappa shape index (κ2) is 2.90. The highest BCUT2D eigenvalue weighted by Crippen LogP contribution is 2.71. The first-order valence-electron chi connectivity index (χ1n) is 6.71. The van der Waals surface area contributed by atoms with Crippen LogP contribution in [0.1, 0.15) is 46.5 Å². The van der Waals surface area contributed by atoms with Crippen molar-refractivity contribution < 1.29 is 0 Å². The first kappa shape index (κ1) is 9.93. The van der Waals surface area contributed by atoms with E-state index in [0.29, 0.717) is 5.41 Å². The highest BCUT2D eigenvalue weighted by Gasteiger charge is 2.64. The fourth-order valence-electron chi connectivity index (χ4n) is 5.35. The van der Waals surface area contributed by atoms with Gasteiger partial charge in [0.15, 0.2) is 0 Å². The molecule has 0 radical (unpaired) electrons. The van der Waals surface area contributed by atoms with Gasteiger partial charge in [-0.15, -0.1) is 0 Å². The summed E-state index contributed by atoms with van der Waals surface area (Å²) in [5.41, 5.74) is 2.19. The third kappa shape index (κ3) is 1.04. The molecule has 0 saturated heterocycles. The molecule has 3 rings (SSSR count). The maximum Gasteiger partial charge on any atom is -0.0141 e. The molecule has 0 aromatic heterocycles. The normalized spacial score (nSPS) is 57.1. The summed E-state index contributed by atoms with van der Waals surface area (Å²) < 4.78 is 0. The zero-order valence-electron chi connectivity index (χ0n) is 10.4. The van der Waals surface area contributed by atoms with Crippen LogP contribution in [0.2, 0.25) is 0 Å². The lowest BCUT2D eigenvalue weighted by atomic mass is 9.57. The lowest BCUT2D eigenvalue weighted by Crippen LogP contribution is -2.39. The molecule has 3 aliphatic carbocycles. The first-order valence-corrected chi connectivity index (χ1v) is 6.71. The predicted octanol–water partition coefficient (Wildman–Crippen LogP) is 4.27. The number of allylic oxidation sites excluding steroid dienone is 1. The van der Waals surface area contributed by atoms with Crippen molar-refractivity contribution in [2.45, 2.75) is 46.5 Å². The molecule has 3 saturated carbocycles. The van der Waals surface area contributed by atoms with Gasteiger partial charge >= 0.3 is 0 Å². The fourth-order valence-corrected chi connectivity index (χ4v) is 5.35. The van der Waals surface area contributed by atoms with Crippen molar-refractivity contribution in [3.8, 4) is 0 Å². The van der Waals surface area contributed by atoms with Gasteiger partial charge in [-0.1, -0.05) is 32.4 Å². The fraction of sp³-hybridized carbons (Fsp3) is 0.867. The molecule has 3 aliphatic rings. The Morgan fingerprint density at radius 1 is 1.20 bits per heavy atom. The van der Waals surface area contributed by atoms with Crippen LogP contribution in [0.25, 0.3) is 0 Å². The van der Waals surface area contributed by atoms with Crippen molar-refractivity contribution in [3.05, 3.63) is 12.2 Å². The molecule has 0 N–H and O–H groups in total. The van der Waals surface area contributed by atoms with Gasteiger partial charge in [0.05, 0.1) is 0 Å². The minimum Gasteiger partial charge on any atom is -0.0998 e. The zero-order chi connectivity index (χ0) is 10.8.